The summed E-state index contributed by atoms with van der Waals surface area (Å²) < 4.78 is 1.96. The van der Waals surface area contributed by atoms with E-state index in [0.29, 0.717) is 29.9 Å². The third-order valence-electron chi connectivity index (χ3n) is 4.94. The Morgan fingerprint density at radius 1 is 1.03 bits per heavy atom. The van der Waals surface area contributed by atoms with Crippen molar-refractivity contribution in [3.63, 3.8) is 0 Å². The second-order valence-electron chi connectivity index (χ2n) is 6.95. The molecule has 0 spiro atoms. The molecular formula is C21H20N8O. The number of hydrogen-bond acceptors (Lipinski definition) is 7. The van der Waals surface area contributed by atoms with Crippen molar-refractivity contribution < 1.29 is 5.11 Å². The first-order valence-corrected chi connectivity index (χ1v) is 9.59. The van der Waals surface area contributed by atoms with E-state index in [-0.39, 0.29) is 5.75 Å². The average molecular weight is 400 g/mol. The van der Waals surface area contributed by atoms with Crippen LogP contribution in [0.4, 0.5) is 17.7 Å². The molecule has 0 amide bonds. The highest BCUT2D eigenvalue weighted by Gasteiger charge is 2.13. The minimum absolute atomic E-state index is 0.263. The Balaban J connectivity index is 1.39. The zero-order valence-corrected chi connectivity index (χ0v) is 16.3. The van der Waals surface area contributed by atoms with Gasteiger partial charge >= 0.3 is 0 Å². The molecule has 4 N–H and O–H groups in total. The number of benzene rings is 2. The lowest BCUT2D eigenvalue weighted by molar-refractivity contribution is 0.475. The maximum absolute atomic E-state index is 9.41. The zero-order chi connectivity index (χ0) is 20.5. The molecule has 0 saturated heterocycles. The Labute approximate surface area is 171 Å². The van der Waals surface area contributed by atoms with Crippen molar-refractivity contribution in [2.45, 2.75) is 6.42 Å². The summed E-state index contributed by atoms with van der Waals surface area (Å²) in [5.74, 6) is 2.00. The lowest BCUT2D eigenvalue weighted by atomic mass is 10.1. The predicted molar refractivity (Wildman–Crippen MR) is 116 cm³/mol. The van der Waals surface area contributed by atoms with Gasteiger partial charge in [0.1, 0.15) is 11.3 Å². The Morgan fingerprint density at radius 3 is 2.70 bits per heavy atom. The molecule has 0 radical (unpaired) electrons. The maximum Gasteiger partial charge on any atom is 0.233 e. The van der Waals surface area contributed by atoms with Gasteiger partial charge in [-0.25, -0.2) is 9.97 Å². The first-order valence-electron chi connectivity index (χ1n) is 9.59. The van der Waals surface area contributed by atoms with Crippen molar-refractivity contribution in [3.05, 3.63) is 60.4 Å². The molecule has 0 aliphatic heterocycles. The van der Waals surface area contributed by atoms with Crippen molar-refractivity contribution in [2.24, 2.45) is 7.05 Å². The van der Waals surface area contributed by atoms with Crippen LogP contribution in [0, 0.1) is 0 Å². The van der Waals surface area contributed by atoms with Gasteiger partial charge in [0, 0.05) is 13.6 Å². The highest BCUT2D eigenvalue weighted by Crippen LogP contribution is 2.23. The molecule has 0 atom stereocenters. The second-order valence-corrected chi connectivity index (χ2v) is 6.95. The molecule has 0 bridgehead atoms. The molecule has 5 aromatic rings. The highest BCUT2D eigenvalue weighted by molar-refractivity contribution is 5.84. The number of rotatable bonds is 6. The highest BCUT2D eigenvalue weighted by atomic mass is 16.3. The van der Waals surface area contributed by atoms with Crippen LogP contribution in [0.3, 0.4) is 0 Å². The van der Waals surface area contributed by atoms with E-state index >= 15 is 0 Å². The SMILES string of the molecule is Cn1c(Nc2nc(NCCc3ccc(O)cc3)c3[nH]cnc3n2)nc2ccccc21. The number of nitrogens with one attached hydrogen (secondary N) is 3. The molecule has 3 heterocycles. The summed E-state index contributed by atoms with van der Waals surface area (Å²) in [5.41, 5.74) is 4.35. The number of para-hydroxylation sites is 2. The van der Waals surface area contributed by atoms with Crippen molar-refractivity contribution in [1.82, 2.24) is 29.5 Å². The summed E-state index contributed by atoms with van der Waals surface area (Å²) in [6.45, 7) is 0.668. The molecule has 9 heteroatoms. The number of anilines is 3. The quantitative estimate of drug-likeness (QED) is 0.345. The molecule has 3 aromatic heterocycles. The van der Waals surface area contributed by atoms with Crippen molar-refractivity contribution >= 4 is 39.9 Å². The molecular weight excluding hydrogens is 380 g/mol. The smallest absolute Gasteiger partial charge is 0.233 e. The van der Waals surface area contributed by atoms with E-state index in [9.17, 15) is 5.11 Å². The lowest BCUT2D eigenvalue weighted by Gasteiger charge is -2.10. The van der Waals surface area contributed by atoms with E-state index < -0.39 is 0 Å². The van der Waals surface area contributed by atoms with Gasteiger partial charge in [0.05, 0.1) is 17.4 Å². The molecule has 5 rings (SSSR count). The van der Waals surface area contributed by atoms with Gasteiger partial charge in [-0.3, -0.25) is 5.32 Å². The Morgan fingerprint density at radius 2 is 1.87 bits per heavy atom. The fourth-order valence-electron chi connectivity index (χ4n) is 3.36. The van der Waals surface area contributed by atoms with Gasteiger partial charge in [-0.05, 0) is 36.2 Å². The number of fused-ring (bicyclic) bond motifs is 2. The van der Waals surface area contributed by atoms with Gasteiger partial charge < -0.3 is 20.0 Å². The van der Waals surface area contributed by atoms with Crippen molar-refractivity contribution in [2.75, 3.05) is 17.2 Å². The average Bonchev–Trinajstić information content (AvgIpc) is 3.35. The summed E-state index contributed by atoms with van der Waals surface area (Å²) in [5, 5.41) is 16.0. The van der Waals surface area contributed by atoms with Crippen LogP contribution < -0.4 is 10.6 Å². The molecule has 30 heavy (non-hydrogen) atoms. The minimum Gasteiger partial charge on any atom is -0.508 e. The number of H-pyrrole nitrogens is 1. The van der Waals surface area contributed by atoms with Gasteiger partial charge in [-0.15, -0.1) is 0 Å². The summed E-state index contributed by atoms with van der Waals surface area (Å²) >= 11 is 0. The standard InChI is InChI=1S/C21H20N8O/c1-29-16-5-3-2-4-15(16)25-21(29)28-20-26-18(17-19(27-20)24-12-23-17)22-11-10-13-6-8-14(30)9-7-13/h2-9,12,30H,10-11H2,1H3,(H3,22,23,24,25,26,27,28). The Kier molecular flexibility index (Phi) is 4.40. The molecule has 150 valence electrons. The van der Waals surface area contributed by atoms with Gasteiger partial charge in [-0.2, -0.15) is 9.97 Å². The molecule has 2 aromatic carbocycles. The molecule has 0 saturated carbocycles. The monoisotopic (exact) mass is 400 g/mol. The molecule has 0 fully saturated rings. The van der Waals surface area contributed by atoms with E-state index in [1.54, 1.807) is 18.5 Å². The number of aromatic amines is 1. The van der Waals surface area contributed by atoms with Crippen LogP contribution in [0.25, 0.3) is 22.2 Å². The number of nitrogens with zero attached hydrogens (tertiary/aromatic N) is 5. The van der Waals surface area contributed by atoms with Crippen LogP contribution in [-0.2, 0) is 13.5 Å². The van der Waals surface area contributed by atoms with Crippen LogP contribution in [0.1, 0.15) is 5.56 Å². The summed E-state index contributed by atoms with van der Waals surface area (Å²) in [6, 6.07) is 15.1. The van der Waals surface area contributed by atoms with Gasteiger partial charge in [-0.1, -0.05) is 24.3 Å². The number of phenols is 1. The first-order chi connectivity index (χ1) is 14.7. The van der Waals surface area contributed by atoms with E-state index in [2.05, 4.69) is 35.6 Å². The van der Waals surface area contributed by atoms with E-state index in [0.717, 1.165) is 28.5 Å². The number of aryl methyl sites for hydroxylation is 1. The molecule has 0 aliphatic rings. The largest absolute Gasteiger partial charge is 0.508 e. The second kappa shape index (κ2) is 7.36. The number of phenolic OH excluding ortho intramolecular Hbond substituents is 1. The lowest BCUT2D eigenvalue weighted by Crippen LogP contribution is -2.10. The maximum atomic E-state index is 9.41. The summed E-state index contributed by atoms with van der Waals surface area (Å²) in [7, 11) is 1.95. The fourth-order valence-corrected chi connectivity index (χ4v) is 3.36. The number of aromatic nitrogens is 6. The topological polar surface area (TPSA) is 117 Å². The zero-order valence-electron chi connectivity index (χ0n) is 16.3. The van der Waals surface area contributed by atoms with Crippen molar-refractivity contribution in [1.29, 1.82) is 0 Å². The summed E-state index contributed by atoms with van der Waals surface area (Å²) in [6.07, 6.45) is 2.39. The molecule has 0 unspecified atom stereocenters. The summed E-state index contributed by atoms with van der Waals surface area (Å²) in [4.78, 5) is 21.1. The third kappa shape index (κ3) is 3.37. The Hall–Kier alpha value is -4.14. The predicted octanol–water partition coefficient (Wildman–Crippen LogP) is 3.34. The normalized spacial score (nSPS) is 11.2. The van der Waals surface area contributed by atoms with Gasteiger partial charge in [0.2, 0.25) is 11.9 Å². The van der Waals surface area contributed by atoms with Crippen LogP contribution >= 0.6 is 0 Å². The van der Waals surface area contributed by atoms with E-state index in [1.165, 1.54) is 0 Å². The van der Waals surface area contributed by atoms with E-state index in [4.69, 9.17) is 0 Å². The molecule has 0 aliphatic carbocycles. The fraction of sp³-hybridized carbons (Fsp3) is 0.143. The van der Waals surface area contributed by atoms with Gasteiger partial charge in [0.15, 0.2) is 11.5 Å². The van der Waals surface area contributed by atoms with Crippen molar-refractivity contribution in [3.8, 4) is 5.75 Å². The minimum atomic E-state index is 0.263. The van der Waals surface area contributed by atoms with Gasteiger partial charge in [0.25, 0.3) is 0 Å². The number of hydrogen-bond donors (Lipinski definition) is 4. The van der Waals surface area contributed by atoms with Crippen LogP contribution in [-0.4, -0.2) is 41.1 Å². The van der Waals surface area contributed by atoms with E-state index in [1.807, 2.05) is 48.0 Å². The number of imidazole rings is 2. The van der Waals surface area contributed by atoms with Crippen LogP contribution in [0.15, 0.2) is 54.9 Å². The first kappa shape index (κ1) is 17.9. The molecule has 9 nitrogen and oxygen atoms in total. The third-order valence-corrected chi connectivity index (χ3v) is 4.94. The Bertz CT molecular complexity index is 1320. The van der Waals surface area contributed by atoms with Crippen LogP contribution in [0.5, 0.6) is 5.75 Å². The van der Waals surface area contributed by atoms with Crippen LogP contribution in [0.2, 0.25) is 0 Å². The number of aromatic hydroxyl groups is 1.